The lowest BCUT2D eigenvalue weighted by atomic mass is 10.0. The van der Waals surface area contributed by atoms with Crippen molar-refractivity contribution < 1.29 is 19.5 Å². The number of rotatable bonds is 7. The summed E-state index contributed by atoms with van der Waals surface area (Å²) in [4.78, 5) is 46.7. The number of amides is 2. The quantitative estimate of drug-likeness (QED) is 0.316. The van der Waals surface area contributed by atoms with Gasteiger partial charge in [0.15, 0.2) is 5.16 Å². The number of aromatic nitrogens is 2. The Morgan fingerprint density at radius 1 is 1.26 bits per heavy atom. The van der Waals surface area contributed by atoms with Crippen LogP contribution in [0.1, 0.15) is 11.6 Å². The molecular formula is C20H19N5O4S2. The highest BCUT2D eigenvalue weighted by atomic mass is 32.2. The molecule has 4 rings (SSSR count). The number of carbonyl (C=O) groups is 3. The number of carboxylic acids is 1. The first-order valence-electron chi connectivity index (χ1n) is 9.38. The number of carboxylic acid groups (broad SMARTS) is 1. The highest BCUT2D eigenvalue weighted by Crippen LogP contribution is 2.41. The fourth-order valence-corrected chi connectivity index (χ4v) is 5.65. The van der Waals surface area contributed by atoms with Crippen LogP contribution >= 0.6 is 23.5 Å². The number of nitrogens with one attached hydrogen (secondary N) is 1. The number of aliphatic carboxylic acids is 1. The van der Waals surface area contributed by atoms with E-state index in [1.807, 2.05) is 6.07 Å². The van der Waals surface area contributed by atoms with Crippen LogP contribution in [0.4, 0.5) is 0 Å². The summed E-state index contributed by atoms with van der Waals surface area (Å²) in [6.45, 7) is 0. The van der Waals surface area contributed by atoms with Crippen molar-refractivity contribution in [3.8, 4) is 0 Å². The van der Waals surface area contributed by atoms with E-state index in [4.69, 9.17) is 5.73 Å². The minimum Gasteiger partial charge on any atom is -0.477 e. The number of hydrogen-bond donors (Lipinski definition) is 3. The number of β-lactam (4-membered cyclic amide) rings is 1. The van der Waals surface area contributed by atoms with Crippen LogP contribution in [-0.4, -0.2) is 60.7 Å². The normalized spacial score (nSPS) is 21.2. The van der Waals surface area contributed by atoms with Crippen molar-refractivity contribution in [3.63, 3.8) is 0 Å². The lowest BCUT2D eigenvalue weighted by Crippen LogP contribution is -2.71. The van der Waals surface area contributed by atoms with Crippen LogP contribution in [0, 0.1) is 0 Å². The smallest absolute Gasteiger partial charge is 0.352 e. The molecule has 0 radical (unpaired) electrons. The van der Waals surface area contributed by atoms with Gasteiger partial charge in [0, 0.05) is 23.9 Å². The molecule has 3 atom stereocenters. The second-order valence-corrected chi connectivity index (χ2v) is 8.91. The number of thioether (sulfide) groups is 2. The van der Waals surface area contributed by atoms with Crippen molar-refractivity contribution >= 4 is 41.3 Å². The zero-order valence-electron chi connectivity index (χ0n) is 16.2. The first-order valence-corrected chi connectivity index (χ1v) is 11.4. The maximum atomic E-state index is 12.8. The van der Waals surface area contributed by atoms with Crippen molar-refractivity contribution in [1.82, 2.24) is 20.2 Å². The SMILES string of the molecule is N[C@@H](C(=O)NC1C(=O)N2C(C(=O)O)=C(CSc3ncccn3)CS[C@H]12)c1ccccc1. The molecule has 2 amide bonds. The van der Waals surface area contributed by atoms with Gasteiger partial charge in [0.05, 0.1) is 0 Å². The van der Waals surface area contributed by atoms with E-state index in [9.17, 15) is 19.5 Å². The molecule has 9 nitrogen and oxygen atoms in total. The third-order valence-electron chi connectivity index (χ3n) is 4.91. The van der Waals surface area contributed by atoms with Gasteiger partial charge in [-0.3, -0.25) is 14.5 Å². The second-order valence-electron chi connectivity index (χ2n) is 6.86. The molecule has 2 aliphatic rings. The summed E-state index contributed by atoms with van der Waals surface area (Å²) in [6, 6.07) is 8.82. The van der Waals surface area contributed by atoms with Gasteiger partial charge in [0.2, 0.25) is 5.91 Å². The maximum Gasteiger partial charge on any atom is 0.352 e. The highest BCUT2D eigenvalue weighted by Gasteiger charge is 2.54. The van der Waals surface area contributed by atoms with Crippen molar-refractivity contribution in [2.45, 2.75) is 22.6 Å². The minimum atomic E-state index is -1.17. The molecule has 11 heteroatoms. The van der Waals surface area contributed by atoms with E-state index in [1.165, 1.54) is 28.4 Å². The molecule has 160 valence electrons. The fourth-order valence-electron chi connectivity index (χ4n) is 3.36. The van der Waals surface area contributed by atoms with Crippen molar-refractivity contribution in [2.24, 2.45) is 5.73 Å². The highest BCUT2D eigenvalue weighted by molar-refractivity contribution is 8.01. The first kappa shape index (κ1) is 21.3. The van der Waals surface area contributed by atoms with Gasteiger partial charge in [0.25, 0.3) is 5.91 Å². The molecule has 0 aliphatic carbocycles. The molecule has 2 aliphatic heterocycles. The lowest BCUT2D eigenvalue weighted by Gasteiger charge is -2.49. The first-order chi connectivity index (χ1) is 15.0. The van der Waals surface area contributed by atoms with Crippen LogP contribution in [0.2, 0.25) is 0 Å². The molecule has 1 fully saturated rings. The summed E-state index contributed by atoms with van der Waals surface area (Å²) in [6.07, 6.45) is 3.22. The standard InChI is InChI=1S/C20H19N5O4S2/c21-13(11-5-2-1-3-6-11)16(26)24-14-17(27)25-15(19(28)29)12(9-30-18(14)25)10-31-20-22-7-4-8-23-20/h1-8,13-14,18H,9-10,21H2,(H,24,26)(H,28,29)/t13-,14?,18-/m1/s1. The average molecular weight is 458 g/mol. The lowest BCUT2D eigenvalue weighted by molar-refractivity contribution is -0.150. The van der Waals surface area contributed by atoms with E-state index in [1.54, 1.807) is 42.7 Å². The van der Waals surface area contributed by atoms with Gasteiger partial charge < -0.3 is 16.2 Å². The average Bonchev–Trinajstić information content (AvgIpc) is 2.80. The van der Waals surface area contributed by atoms with Crippen molar-refractivity contribution in [1.29, 1.82) is 0 Å². The third-order valence-corrected chi connectivity index (χ3v) is 7.21. The Bertz CT molecular complexity index is 1030. The Hall–Kier alpha value is -2.89. The molecule has 0 bridgehead atoms. The Balaban J connectivity index is 1.46. The molecule has 1 aromatic carbocycles. The molecule has 1 aromatic heterocycles. The molecular weight excluding hydrogens is 438 g/mol. The van der Waals surface area contributed by atoms with Crippen LogP contribution in [0.25, 0.3) is 0 Å². The van der Waals surface area contributed by atoms with Crippen LogP contribution < -0.4 is 11.1 Å². The summed E-state index contributed by atoms with van der Waals surface area (Å²) >= 11 is 2.72. The topological polar surface area (TPSA) is 139 Å². The van der Waals surface area contributed by atoms with Crippen LogP contribution in [0.3, 0.4) is 0 Å². The van der Waals surface area contributed by atoms with Crippen LogP contribution in [0.5, 0.6) is 0 Å². The number of fused-ring (bicyclic) bond motifs is 1. The molecule has 1 saturated heterocycles. The zero-order valence-corrected chi connectivity index (χ0v) is 17.8. The van der Waals surface area contributed by atoms with E-state index in [0.29, 0.717) is 27.8 Å². The molecule has 2 aromatic rings. The Morgan fingerprint density at radius 2 is 1.97 bits per heavy atom. The summed E-state index contributed by atoms with van der Waals surface area (Å²) in [5.74, 6) is -1.33. The zero-order chi connectivity index (χ0) is 22.0. The molecule has 31 heavy (non-hydrogen) atoms. The third kappa shape index (κ3) is 4.29. The number of benzene rings is 1. The monoisotopic (exact) mass is 457 g/mol. The van der Waals surface area contributed by atoms with Gasteiger partial charge in [-0.2, -0.15) is 0 Å². The maximum absolute atomic E-state index is 12.8. The van der Waals surface area contributed by atoms with Gasteiger partial charge in [-0.05, 0) is 17.2 Å². The summed E-state index contributed by atoms with van der Waals surface area (Å²) in [7, 11) is 0. The molecule has 4 N–H and O–H groups in total. The largest absolute Gasteiger partial charge is 0.477 e. The van der Waals surface area contributed by atoms with E-state index < -0.39 is 35.2 Å². The minimum absolute atomic E-state index is 0.0324. The van der Waals surface area contributed by atoms with E-state index in [0.717, 1.165) is 0 Å². The van der Waals surface area contributed by atoms with Crippen LogP contribution in [-0.2, 0) is 14.4 Å². The summed E-state index contributed by atoms with van der Waals surface area (Å²) < 4.78 is 0. The van der Waals surface area contributed by atoms with E-state index in [2.05, 4.69) is 15.3 Å². The number of carbonyl (C=O) groups excluding carboxylic acids is 2. The van der Waals surface area contributed by atoms with Crippen LogP contribution in [0.15, 0.2) is 65.2 Å². The van der Waals surface area contributed by atoms with Gasteiger partial charge in [-0.25, -0.2) is 14.8 Å². The molecule has 1 unspecified atom stereocenters. The van der Waals surface area contributed by atoms with Crippen molar-refractivity contribution in [3.05, 3.63) is 65.6 Å². The fraction of sp³-hybridized carbons (Fsp3) is 0.250. The molecule has 0 saturated carbocycles. The number of nitrogens with two attached hydrogens (primary N) is 1. The van der Waals surface area contributed by atoms with Crippen molar-refractivity contribution in [2.75, 3.05) is 11.5 Å². The molecule has 3 heterocycles. The Kier molecular flexibility index (Phi) is 6.25. The van der Waals surface area contributed by atoms with E-state index in [-0.39, 0.29) is 5.70 Å². The van der Waals surface area contributed by atoms with Gasteiger partial charge in [-0.1, -0.05) is 42.1 Å². The number of hydrogen-bond acceptors (Lipinski definition) is 8. The second kappa shape index (κ2) is 9.08. The number of nitrogens with zero attached hydrogens (tertiary/aromatic N) is 3. The van der Waals surface area contributed by atoms with Gasteiger partial charge >= 0.3 is 5.97 Å². The Labute approximate surface area is 186 Å². The predicted octanol–water partition coefficient (Wildman–Crippen LogP) is 1.01. The van der Waals surface area contributed by atoms with Gasteiger partial charge in [0.1, 0.15) is 23.2 Å². The predicted molar refractivity (Wildman–Crippen MR) is 116 cm³/mol. The van der Waals surface area contributed by atoms with E-state index >= 15 is 0 Å². The summed E-state index contributed by atoms with van der Waals surface area (Å²) in [5.41, 5.74) is 7.23. The molecule has 0 spiro atoms. The Morgan fingerprint density at radius 3 is 2.65 bits per heavy atom. The summed E-state index contributed by atoms with van der Waals surface area (Å²) in [5, 5.41) is 12.5. The van der Waals surface area contributed by atoms with Gasteiger partial charge in [-0.15, -0.1) is 11.8 Å².